The monoisotopic (exact) mass is 367 g/mol. The zero-order valence-electron chi connectivity index (χ0n) is 13.0. The minimum atomic E-state index is -5.38. The number of hydrogen-bond acceptors (Lipinski definition) is 4. The van der Waals surface area contributed by atoms with E-state index in [0.717, 1.165) is 17.7 Å². The lowest BCUT2D eigenvalue weighted by Gasteiger charge is -2.30. The van der Waals surface area contributed by atoms with Gasteiger partial charge in [0.05, 0.1) is 0 Å². The van der Waals surface area contributed by atoms with Gasteiger partial charge in [-0.05, 0) is 24.5 Å². The fourth-order valence-corrected chi connectivity index (χ4v) is 4.57. The lowest BCUT2D eigenvalue weighted by atomic mass is 10.1. The molecule has 0 aliphatic carbocycles. The maximum atomic E-state index is 11.3. The number of benzene rings is 1. The van der Waals surface area contributed by atoms with Crippen LogP contribution in [0.4, 0.5) is 5.69 Å². The van der Waals surface area contributed by atoms with E-state index in [0.29, 0.717) is 0 Å². The molecule has 0 amide bonds. The molecule has 1 aromatic carbocycles. The molecule has 0 aliphatic rings. The number of para-hydroxylation sites is 1. The van der Waals surface area contributed by atoms with E-state index in [-0.39, 0.29) is 13.0 Å². The predicted molar refractivity (Wildman–Crippen MR) is 87.4 cm³/mol. The lowest BCUT2D eigenvalue weighted by Crippen LogP contribution is -2.30. The maximum Gasteiger partial charge on any atom is 0.369 e. The van der Waals surface area contributed by atoms with Crippen molar-refractivity contribution < 1.29 is 33.8 Å². The number of hydrogen-bond donors (Lipinski definition) is 5. The van der Waals surface area contributed by atoms with Gasteiger partial charge in [-0.25, -0.2) is 0 Å². The van der Waals surface area contributed by atoms with Crippen LogP contribution in [0.2, 0.25) is 0 Å². The van der Waals surface area contributed by atoms with E-state index < -0.39 is 26.7 Å². The van der Waals surface area contributed by atoms with Crippen LogP contribution in [0.1, 0.15) is 25.3 Å². The average Bonchev–Trinajstić information content (AvgIpc) is 2.44. The summed E-state index contributed by atoms with van der Waals surface area (Å²) in [5, 5.41) is 6.48. The molecular formula is C13H23NO7P2. The summed E-state index contributed by atoms with van der Waals surface area (Å²) in [7, 11) is -9.00. The first-order valence-corrected chi connectivity index (χ1v) is 10.3. The van der Waals surface area contributed by atoms with E-state index >= 15 is 0 Å². The molecule has 0 bridgehead atoms. The maximum absolute atomic E-state index is 11.3. The molecule has 0 saturated heterocycles. The Morgan fingerprint density at radius 3 is 2.09 bits per heavy atom. The summed E-state index contributed by atoms with van der Waals surface area (Å²) in [4.78, 5) is 38.2. The average molecular weight is 367 g/mol. The van der Waals surface area contributed by atoms with Gasteiger partial charge in [-0.2, -0.15) is 0 Å². The van der Waals surface area contributed by atoms with Gasteiger partial charge in [0.15, 0.2) is 0 Å². The van der Waals surface area contributed by atoms with Crippen LogP contribution >= 0.6 is 15.2 Å². The van der Waals surface area contributed by atoms with E-state index in [2.05, 4.69) is 0 Å². The number of aliphatic hydroxyl groups is 1. The Labute approximate surface area is 135 Å². The minimum Gasteiger partial charge on any atom is -0.374 e. The molecule has 1 rings (SSSR count). The molecular weight excluding hydrogens is 344 g/mol. The van der Waals surface area contributed by atoms with E-state index in [1.165, 1.54) is 0 Å². The Bertz CT molecular complexity index is 603. The zero-order chi connectivity index (χ0) is 17.9. The third kappa shape index (κ3) is 4.64. The van der Waals surface area contributed by atoms with Crippen LogP contribution in [0.3, 0.4) is 0 Å². The largest absolute Gasteiger partial charge is 0.374 e. The van der Waals surface area contributed by atoms with Crippen LogP contribution in [0.5, 0.6) is 0 Å². The molecule has 23 heavy (non-hydrogen) atoms. The predicted octanol–water partition coefficient (Wildman–Crippen LogP) is 1.47. The van der Waals surface area contributed by atoms with Crippen LogP contribution in [-0.2, 0) is 15.6 Å². The molecule has 0 fully saturated rings. The smallest absolute Gasteiger partial charge is 0.369 e. The summed E-state index contributed by atoms with van der Waals surface area (Å²) < 4.78 is 22.6. The molecule has 0 radical (unpaired) electrons. The summed E-state index contributed by atoms with van der Waals surface area (Å²) in [5.41, 5.74) is 2.00. The lowest BCUT2D eigenvalue weighted by molar-refractivity contribution is 0.121. The summed E-state index contributed by atoms with van der Waals surface area (Å²) in [5.74, 6) is 0. The Hall–Kier alpha value is -0.720. The van der Waals surface area contributed by atoms with Gasteiger partial charge in [0.1, 0.15) is 0 Å². The molecule has 0 aromatic heterocycles. The van der Waals surface area contributed by atoms with E-state index in [9.17, 15) is 14.2 Å². The summed E-state index contributed by atoms with van der Waals surface area (Å²) in [6, 6.07) is 7.59. The number of anilines is 1. The van der Waals surface area contributed by atoms with Crippen molar-refractivity contribution in [3.05, 3.63) is 29.8 Å². The van der Waals surface area contributed by atoms with Gasteiger partial charge in [-0.1, -0.05) is 25.1 Å². The van der Waals surface area contributed by atoms with Gasteiger partial charge >= 0.3 is 15.2 Å². The second kappa shape index (κ2) is 7.45. The molecule has 0 unspecified atom stereocenters. The van der Waals surface area contributed by atoms with Crippen molar-refractivity contribution in [2.45, 2.75) is 31.3 Å². The molecule has 5 N–H and O–H groups in total. The van der Waals surface area contributed by atoms with E-state index in [1.54, 1.807) is 7.05 Å². The zero-order valence-corrected chi connectivity index (χ0v) is 14.8. The molecule has 132 valence electrons. The molecule has 0 saturated carbocycles. The van der Waals surface area contributed by atoms with Crippen molar-refractivity contribution in [1.82, 2.24) is 0 Å². The number of rotatable bonds is 8. The van der Waals surface area contributed by atoms with Crippen LogP contribution in [0.25, 0.3) is 0 Å². The Balaban J connectivity index is 2.82. The molecule has 0 atom stereocenters. The fraction of sp³-hybridized carbons (Fsp3) is 0.538. The van der Waals surface area contributed by atoms with Gasteiger partial charge in [0.2, 0.25) is 0 Å². The second-order valence-corrected chi connectivity index (χ2v) is 9.38. The fourth-order valence-electron chi connectivity index (χ4n) is 2.32. The van der Waals surface area contributed by atoms with Crippen LogP contribution in [0, 0.1) is 0 Å². The quantitative estimate of drug-likeness (QED) is 0.435. The summed E-state index contributed by atoms with van der Waals surface area (Å²) >= 11 is 0. The molecule has 10 heteroatoms. The van der Waals surface area contributed by atoms with Crippen molar-refractivity contribution >= 4 is 20.9 Å². The molecule has 0 aliphatic heterocycles. The van der Waals surface area contributed by atoms with Gasteiger partial charge in [-0.3, -0.25) is 9.13 Å². The van der Waals surface area contributed by atoms with Crippen LogP contribution in [0.15, 0.2) is 24.3 Å². The first-order valence-electron chi connectivity index (χ1n) is 7.06. The molecule has 1 aromatic rings. The highest BCUT2D eigenvalue weighted by Crippen LogP contribution is 2.69. The van der Waals surface area contributed by atoms with Gasteiger partial charge in [-0.15, -0.1) is 0 Å². The Morgan fingerprint density at radius 2 is 1.61 bits per heavy atom. The second-order valence-electron chi connectivity index (χ2n) is 5.37. The topological polar surface area (TPSA) is 139 Å². The first-order chi connectivity index (χ1) is 10.4. The first kappa shape index (κ1) is 20.3. The van der Waals surface area contributed by atoms with Crippen molar-refractivity contribution in [2.75, 3.05) is 18.5 Å². The molecule has 0 heterocycles. The van der Waals surface area contributed by atoms with Gasteiger partial charge < -0.3 is 29.6 Å². The van der Waals surface area contributed by atoms with Gasteiger partial charge in [0, 0.05) is 25.7 Å². The van der Waals surface area contributed by atoms with E-state index in [1.807, 2.05) is 36.1 Å². The highest BCUT2D eigenvalue weighted by molar-refractivity contribution is 7.72. The Kier molecular flexibility index (Phi) is 6.58. The summed E-state index contributed by atoms with van der Waals surface area (Å²) in [6.45, 7) is 2.27. The Morgan fingerprint density at radius 1 is 1.09 bits per heavy atom. The highest BCUT2D eigenvalue weighted by atomic mass is 31.2. The summed E-state index contributed by atoms with van der Waals surface area (Å²) in [6.07, 6.45) is 0.0941. The number of nitrogens with zero attached hydrogens (tertiary/aromatic N) is 1. The third-order valence-electron chi connectivity index (χ3n) is 3.72. The van der Waals surface area contributed by atoms with Crippen molar-refractivity contribution in [3.63, 3.8) is 0 Å². The highest BCUT2D eigenvalue weighted by Gasteiger charge is 2.58. The normalized spacial score (nSPS) is 13.2. The number of aryl methyl sites for hydroxylation is 1. The van der Waals surface area contributed by atoms with Crippen molar-refractivity contribution in [1.29, 1.82) is 0 Å². The SMILES string of the molecule is CCc1ccccc1N(C)CCCC(O)(P(=O)(O)O)P(=O)(O)O. The standard InChI is InChI=1S/C13H23NO7P2/c1-3-11-7-4-5-8-12(11)14(2)10-6-9-13(15,22(16,17)18)23(19,20)21/h4-5,7-8,15H,3,6,9-10H2,1-2H3,(H2,16,17,18)(H2,19,20,21). The van der Waals surface area contributed by atoms with E-state index in [4.69, 9.17) is 19.6 Å². The van der Waals surface area contributed by atoms with Crippen molar-refractivity contribution in [3.8, 4) is 0 Å². The van der Waals surface area contributed by atoms with Crippen molar-refractivity contribution in [2.24, 2.45) is 0 Å². The molecule has 0 spiro atoms. The van der Waals surface area contributed by atoms with Crippen LogP contribution < -0.4 is 4.90 Å². The van der Waals surface area contributed by atoms with Crippen LogP contribution in [-0.4, -0.2) is 43.4 Å². The third-order valence-corrected chi connectivity index (χ3v) is 7.60. The minimum absolute atomic E-state index is 0.00126. The molecule has 8 nitrogen and oxygen atoms in total. The van der Waals surface area contributed by atoms with Gasteiger partial charge in [0.25, 0.3) is 5.08 Å².